The van der Waals surface area contributed by atoms with E-state index >= 15 is 0 Å². The Labute approximate surface area is 162 Å². The second-order valence-electron chi connectivity index (χ2n) is 6.02. The number of benzene rings is 2. The fourth-order valence-electron chi connectivity index (χ4n) is 2.78. The predicted molar refractivity (Wildman–Crippen MR) is 104 cm³/mol. The highest BCUT2D eigenvalue weighted by Gasteiger charge is 2.34. The van der Waals surface area contributed by atoms with Crippen LogP contribution in [0.5, 0.6) is 0 Å². The number of rotatable bonds is 5. The summed E-state index contributed by atoms with van der Waals surface area (Å²) >= 11 is 13.7. The summed E-state index contributed by atoms with van der Waals surface area (Å²) in [5, 5.41) is 3.89. The van der Waals surface area contributed by atoms with Crippen molar-refractivity contribution >= 4 is 40.9 Å². The fraction of sp³-hybridized carbons (Fsp3) is 0.316. The summed E-state index contributed by atoms with van der Waals surface area (Å²) in [6, 6.07) is 15.2. The molecule has 6 heteroatoms. The molecule has 132 valence electrons. The number of ether oxygens (including phenoxy) is 1. The van der Waals surface area contributed by atoms with Crippen LogP contribution in [-0.2, 0) is 4.74 Å². The molecule has 1 fully saturated rings. The van der Waals surface area contributed by atoms with Gasteiger partial charge in [-0.15, -0.1) is 11.8 Å². The summed E-state index contributed by atoms with van der Waals surface area (Å²) in [4.78, 5) is 13.7. The largest absolute Gasteiger partial charge is 0.381 e. The number of hydrogen-bond donors (Lipinski definition) is 1. The predicted octanol–water partition coefficient (Wildman–Crippen LogP) is 5.06. The van der Waals surface area contributed by atoms with Gasteiger partial charge < -0.3 is 10.1 Å². The van der Waals surface area contributed by atoms with Crippen LogP contribution in [0.15, 0.2) is 53.4 Å². The van der Waals surface area contributed by atoms with Crippen LogP contribution in [0.2, 0.25) is 10.0 Å². The number of carbonyl (C=O) groups is 1. The van der Waals surface area contributed by atoms with Gasteiger partial charge >= 0.3 is 0 Å². The first kappa shape index (κ1) is 18.6. The molecule has 2 aromatic carbocycles. The molecule has 0 radical (unpaired) electrons. The van der Waals surface area contributed by atoms with E-state index in [-0.39, 0.29) is 10.7 Å². The molecule has 1 saturated heterocycles. The van der Waals surface area contributed by atoms with Gasteiger partial charge in [0.05, 0.1) is 10.0 Å². The third kappa shape index (κ3) is 4.91. The minimum absolute atomic E-state index is 0.0640. The van der Waals surface area contributed by atoms with Crippen LogP contribution in [0.1, 0.15) is 23.2 Å². The third-order valence-electron chi connectivity index (χ3n) is 4.23. The van der Waals surface area contributed by atoms with Gasteiger partial charge in [0.2, 0.25) is 0 Å². The first-order valence-corrected chi connectivity index (χ1v) is 9.70. The smallest absolute Gasteiger partial charge is 0.251 e. The second kappa shape index (κ2) is 8.45. The minimum Gasteiger partial charge on any atom is -0.381 e. The highest BCUT2D eigenvalue weighted by Crippen LogP contribution is 2.40. The Kier molecular flexibility index (Phi) is 6.29. The summed E-state index contributed by atoms with van der Waals surface area (Å²) in [7, 11) is 0. The van der Waals surface area contributed by atoms with E-state index < -0.39 is 0 Å². The molecule has 0 unspecified atom stereocenters. The van der Waals surface area contributed by atoms with E-state index in [1.807, 2.05) is 30.0 Å². The molecule has 3 rings (SSSR count). The molecule has 1 heterocycles. The summed E-state index contributed by atoms with van der Waals surface area (Å²) in [5.74, 6) is -0.141. The molecule has 3 nitrogen and oxygen atoms in total. The van der Waals surface area contributed by atoms with E-state index in [1.165, 1.54) is 4.90 Å². The second-order valence-corrected chi connectivity index (χ2v) is 8.38. The van der Waals surface area contributed by atoms with Gasteiger partial charge in [-0.2, -0.15) is 0 Å². The van der Waals surface area contributed by atoms with Gasteiger partial charge in [0.25, 0.3) is 5.91 Å². The minimum atomic E-state index is -0.141. The zero-order valence-corrected chi connectivity index (χ0v) is 16.0. The Morgan fingerprint density at radius 2 is 1.80 bits per heavy atom. The SMILES string of the molecule is O=C(NCC1(Sc2ccccc2)CCOCC1)c1ccc(Cl)c(Cl)c1. The molecule has 2 aromatic rings. The van der Waals surface area contributed by atoms with Gasteiger partial charge in [-0.1, -0.05) is 41.4 Å². The van der Waals surface area contributed by atoms with E-state index in [1.54, 1.807) is 18.2 Å². The van der Waals surface area contributed by atoms with Crippen LogP contribution < -0.4 is 5.32 Å². The lowest BCUT2D eigenvalue weighted by molar-refractivity contribution is 0.0741. The van der Waals surface area contributed by atoms with E-state index in [0.717, 1.165) is 12.8 Å². The quantitative estimate of drug-likeness (QED) is 0.768. The number of halogens is 2. The summed E-state index contributed by atoms with van der Waals surface area (Å²) < 4.78 is 5.46. The zero-order valence-electron chi connectivity index (χ0n) is 13.6. The maximum Gasteiger partial charge on any atom is 0.251 e. The van der Waals surface area contributed by atoms with E-state index in [0.29, 0.717) is 35.4 Å². The van der Waals surface area contributed by atoms with Crippen LogP contribution in [0.25, 0.3) is 0 Å². The number of hydrogen-bond acceptors (Lipinski definition) is 3. The molecule has 1 aliphatic heterocycles. The molecule has 25 heavy (non-hydrogen) atoms. The van der Waals surface area contributed by atoms with Crippen molar-refractivity contribution in [3.8, 4) is 0 Å². The average molecular weight is 396 g/mol. The lowest BCUT2D eigenvalue weighted by atomic mass is 9.99. The number of carbonyl (C=O) groups excluding carboxylic acids is 1. The highest BCUT2D eigenvalue weighted by atomic mass is 35.5. The molecule has 0 bridgehead atoms. The molecule has 0 aromatic heterocycles. The van der Waals surface area contributed by atoms with Gasteiger partial charge in [-0.05, 0) is 43.2 Å². The zero-order chi connectivity index (χ0) is 17.7. The van der Waals surface area contributed by atoms with Crippen molar-refractivity contribution in [2.75, 3.05) is 19.8 Å². The third-order valence-corrected chi connectivity index (χ3v) is 6.47. The number of nitrogens with one attached hydrogen (secondary N) is 1. The van der Waals surface area contributed by atoms with Crippen LogP contribution >= 0.6 is 35.0 Å². The Morgan fingerprint density at radius 3 is 2.48 bits per heavy atom. The van der Waals surface area contributed by atoms with Crippen molar-refractivity contribution in [2.45, 2.75) is 22.5 Å². The molecule has 1 aliphatic rings. The lowest BCUT2D eigenvalue weighted by Gasteiger charge is -2.36. The van der Waals surface area contributed by atoms with Crippen molar-refractivity contribution in [3.63, 3.8) is 0 Å². The lowest BCUT2D eigenvalue weighted by Crippen LogP contribution is -2.44. The molecule has 0 atom stereocenters. The standard InChI is InChI=1S/C19H19Cl2NO2S/c20-16-7-6-14(12-17(16)21)18(23)22-13-19(8-10-24-11-9-19)25-15-4-2-1-3-5-15/h1-7,12H,8-11,13H2,(H,22,23). The Bertz CT molecular complexity index is 733. The van der Waals surface area contributed by atoms with E-state index in [2.05, 4.69) is 17.4 Å². The molecule has 1 N–H and O–H groups in total. The maximum atomic E-state index is 12.5. The molecular weight excluding hydrogens is 377 g/mol. The first-order valence-electron chi connectivity index (χ1n) is 8.13. The average Bonchev–Trinajstić information content (AvgIpc) is 2.64. The monoisotopic (exact) mass is 395 g/mol. The topological polar surface area (TPSA) is 38.3 Å². The van der Waals surface area contributed by atoms with Gasteiger partial charge in [-0.3, -0.25) is 4.79 Å². The van der Waals surface area contributed by atoms with Crippen molar-refractivity contribution in [1.29, 1.82) is 0 Å². The molecular formula is C19H19Cl2NO2S. The van der Waals surface area contributed by atoms with Gasteiger partial charge in [0, 0.05) is 35.0 Å². The first-order chi connectivity index (χ1) is 12.1. The Hall–Kier alpha value is -1.20. The Morgan fingerprint density at radius 1 is 1.08 bits per heavy atom. The normalized spacial score (nSPS) is 16.4. The van der Waals surface area contributed by atoms with Crippen molar-refractivity contribution in [2.24, 2.45) is 0 Å². The van der Waals surface area contributed by atoms with Gasteiger partial charge in [0.1, 0.15) is 0 Å². The summed E-state index contributed by atoms with van der Waals surface area (Å²) in [5.41, 5.74) is 0.515. The van der Waals surface area contributed by atoms with Gasteiger partial charge in [0.15, 0.2) is 0 Å². The summed E-state index contributed by atoms with van der Waals surface area (Å²) in [6.45, 7) is 2.00. The van der Waals surface area contributed by atoms with E-state index in [4.69, 9.17) is 27.9 Å². The maximum absolute atomic E-state index is 12.5. The highest BCUT2D eigenvalue weighted by molar-refractivity contribution is 8.00. The number of thioether (sulfide) groups is 1. The van der Waals surface area contributed by atoms with Crippen molar-refractivity contribution in [3.05, 3.63) is 64.1 Å². The van der Waals surface area contributed by atoms with Gasteiger partial charge in [-0.25, -0.2) is 0 Å². The molecule has 1 amide bonds. The summed E-state index contributed by atoms with van der Waals surface area (Å²) in [6.07, 6.45) is 1.79. The molecule has 0 spiro atoms. The fourth-order valence-corrected chi connectivity index (χ4v) is 4.38. The Balaban J connectivity index is 1.70. The van der Waals surface area contributed by atoms with Crippen LogP contribution in [0, 0.1) is 0 Å². The molecule has 0 aliphatic carbocycles. The van der Waals surface area contributed by atoms with Crippen LogP contribution in [-0.4, -0.2) is 30.4 Å². The van der Waals surface area contributed by atoms with E-state index in [9.17, 15) is 4.79 Å². The van der Waals surface area contributed by atoms with Crippen LogP contribution in [0.4, 0.5) is 0 Å². The molecule has 0 saturated carbocycles. The number of amides is 1. The van der Waals surface area contributed by atoms with Crippen LogP contribution in [0.3, 0.4) is 0 Å². The van der Waals surface area contributed by atoms with Crippen molar-refractivity contribution < 1.29 is 9.53 Å². The van der Waals surface area contributed by atoms with Crippen molar-refractivity contribution in [1.82, 2.24) is 5.32 Å².